The predicted molar refractivity (Wildman–Crippen MR) is 98.4 cm³/mol. The summed E-state index contributed by atoms with van der Waals surface area (Å²) in [6.07, 6.45) is 5.38. The first kappa shape index (κ1) is 15.8. The molecule has 128 valence electrons. The molecule has 1 aliphatic heterocycles. The lowest BCUT2D eigenvalue weighted by atomic mass is 9.99. The van der Waals surface area contributed by atoms with Crippen molar-refractivity contribution in [2.24, 2.45) is 0 Å². The highest BCUT2D eigenvalue weighted by atomic mass is 16.3. The zero-order chi connectivity index (χ0) is 17.4. The topological polar surface area (TPSA) is 53.7 Å². The summed E-state index contributed by atoms with van der Waals surface area (Å²) in [6, 6.07) is 9.53. The third-order valence-corrected chi connectivity index (χ3v) is 4.73. The van der Waals surface area contributed by atoms with Gasteiger partial charge in [0.15, 0.2) is 0 Å². The molecule has 3 heterocycles. The van der Waals surface area contributed by atoms with E-state index >= 15 is 0 Å². The van der Waals surface area contributed by atoms with Gasteiger partial charge in [-0.15, -0.1) is 0 Å². The lowest BCUT2D eigenvalue weighted by Crippen LogP contribution is -2.28. The first-order valence-corrected chi connectivity index (χ1v) is 8.61. The molecule has 3 aromatic rings. The van der Waals surface area contributed by atoms with E-state index in [0.717, 1.165) is 48.9 Å². The summed E-state index contributed by atoms with van der Waals surface area (Å²) >= 11 is 0. The maximum atomic E-state index is 9.42. The van der Waals surface area contributed by atoms with Crippen LogP contribution in [0.2, 0.25) is 0 Å². The monoisotopic (exact) mass is 334 g/mol. The van der Waals surface area contributed by atoms with Gasteiger partial charge < -0.3 is 5.11 Å². The maximum Gasteiger partial charge on any atom is 0.234 e. The van der Waals surface area contributed by atoms with Crippen LogP contribution < -0.4 is 0 Å². The van der Waals surface area contributed by atoms with Crippen LogP contribution in [0.3, 0.4) is 0 Å². The molecule has 0 atom stereocenters. The third-order valence-electron chi connectivity index (χ3n) is 4.73. The first-order valence-electron chi connectivity index (χ1n) is 8.61. The number of aromatic nitrogens is 3. The Morgan fingerprint density at radius 2 is 1.92 bits per heavy atom. The van der Waals surface area contributed by atoms with Crippen molar-refractivity contribution in [2.75, 3.05) is 13.1 Å². The summed E-state index contributed by atoms with van der Waals surface area (Å²) in [7, 11) is 0. The van der Waals surface area contributed by atoms with Crippen molar-refractivity contribution in [2.45, 2.75) is 26.8 Å². The number of aryl methyl sites for hydroxylation is 2. The second-order valence-electron chi connectivity index (χ2n) is 6.70. The minimum Gasteiger partial charge on any atom is -0.508 e. The van der Waals surface area contributed by atoms with Gasteiger partial charge >= 0.3 is 0 Å². The average Bonchev–Trinajstić information content (AvgIpc) is 2.99. The van der Waals surface area contributed by atoms with Gasteiger partial charge in [-0.3, -0.25) is 9.30 Å². The van der Waals surface area contributed by atoms with Gasteiger partial charge in [0.25, 0.3) is 0 Å². The van der Waals surface area contributed by atoms with Gasteiger partial charge in [-0.25, -0.2) is 9.97 Å². The van der Waals surface area contributed by atoms with Crippen LogP contribution in [0, 0.1) is 13.8 Å². The number of imidazole rings is 1. The number of nitrogens with zero attached hydrogens (tertiary/aromatic N) is 4. The highest BCUT2D eigenvalue weighted by molar-refractivity contribution is 5.67. The van der Waals surface area contributed by atoms with Crippen molar-refractivity contribution in [3.05, 3.63) is 65.2 Å². The molecule has 1 N–H and O–H groups in total. The Hall–Kier alpha value is -2.66. The van der Waals surface area contributed by atoms with E-state index < -0.39 is 0 Å². The number of hydrogen-bond acceptors (Lipinski definition) is 4. The first-order chi connectivity index (χ1) is 12.1. The number of fused-ring (bicyclic) bond motifs is 1. The van der Waals surface area contributed by atoms with Crippen molar-refractivity contribution in [1.29, 1.82) is 0 Å². The standard InChI is InChI=1S/C20H22N4O/c1-14-11-15(2)24-13-18(22-20(24)21-14)12-23-9-7-17(8-10-23)16-3-5-19(25)6-4-16/h3-7,11,13,25H,8-10,12H2,1-2H3. The van der Waals surface area contributed by atoms with Crippen LogP contribution in [-0.4, -0.2) is 37.5 Å². The van der Waals surface area contributed by atoms with E-state index in [1.807, 2.05) is 19.1 Å². The summed E-state index contributed by atoms with van der Waals surface area (Å²) in [5.74, 6) is 1.10. The molecule has 5 nitrogen and oxygen atoms in total. The number of rotatable bonds is 3. The van der Waals surface area contributed by atoms with Crippen LogP contribution in [-0.2, 0) is 6.54 Å². The fraction of sp³-hybridized carbons (Fsp3) is 0.300. The molecule has 1 aliphatic rings. The molecule has 25 heavy (non-hydrogen) atoms. The van der Waals surface area contributed by atoms with Gasteiger partial charge in [-0.2, -0.15) is 0 Å². The molecule has 0 saturated carbocycles. The second kappa shape index (κ2) is 6.33. The Kier molecular flexibility index (Phi) is 4.01. The van der Waals surface area contributed by atoms with E-state index in [0.29, 0.717) is 5.75 Å². The van der Waals surface area contributed by atoms with Gasteiger partial charge in [0.2, 0.25) is 5.78 Å². The largest absolute Gasteiger partial charge is 0.508 e. The molecule has 2 aromatic heterocycles. The summed E-state index contributed by atoms with van der Waals surface area (Å²) in [6.45, 7) is 6.84. The van der Waals surface area contributed by atoms with Crippen molar-refractivity contribution >= 4 is 11.4 Å². The van der Waals surface area contributed by atoms with Crippen LogP contribution in [0.25, 0.3) is 11.4 Å². The van der Waals surface area contributed by atoms with Crippen molar-refractivity contribution < 1.29 is 5.11 Å². The van der Waals surface area contributed by atoms with Gasteiger partial charge in [-0.05, 0) is 49.6 Å². The Labute approximate surface area is 147 Å². The lowest BCUT2D eigenvalue weighted by molar-refractivity contribution is 0.291. The molecule has 5 heteroatoms. The zero-order valence-electron chi connectivity index (χ0n) is 14.6. The van der Waals surface area contributed by atoms with Crippen LogP contribution in [0.15, 0.2) is 42.6 Å². The summed E-state index contributed by atoms with van der Waals surface area (Å²) in [4.78, 5) is 11.6. The molecule has 1 aromatic carbocycles. The highest BCUT2D eigenvalue weighted by Gasteiger charge is 2.15. The van der Waals surface area contributed by atoms with E-state index in [9.17, 15) is 5.11 Å². The fourth-order valence-corrected chi connectivity index (χ4v) is 3.42. The number of phenols is 1. The molecule has 0 saturated heterocycles. The summed E-state index contributed by atoms with van der Waals surface area (Å²) in [5.41, 5.74) is 5.76. The molecule has 0 fully saturated rings. The second-order valence-corrected chi connectivity index (χ2v) is 6.70. The lowest BCUT2D eigenvalue weighted by Gasteiger charge is -2.25. The molecule has 0 spiro atoms. The van der Waals surface area contributed by atoms with Crippen molar-refractivity contribution in [3.63, 3.8) is 0 Å². The van der Waals surface area contributed by atoms with Gasteiger partial charge in [-0.1, -0.05) is 18.2 Å². The van der Waals surface area contributed by atoms with Gasteiger partial charge in [0.05, 0.1) is 5.69 Å². The molecule has 0 bridgehead atoms. The van der Waals surface area contributed by atoms with Crippen LogP contribution in [0.1, 0.15) is 29.1 Å². The van der Waals surface area contributed by atoms with Crippen LogP contribution in [0.5, 0.6) is 5.75 Å². The van der Waals surface area contributed by atoms with E-state index in [4.69, 9.17) is 0 Å². The Bertz CT molecular complexity index is 940. The van der Waals surface area contributed by atoms with Crippen molar-refractivity contribution in [3.8, 4) is 5.75 Å². The van der Waals surface area contributed by atoms with Gasteiger partial charge in [0, 0.05) is 37.2 Å². The van der Waals surface area contributed by atoms with E-state index in [2.05, 4.69) is 44.5 Å². The maximum absolute atomic E-state index is 9.42. The Morgan fingerprint density at radius 3 is 2.64 bits per heavy atom. The molecule has 0 aliphatic carbocycles. The van der Waals surface area contributed by atoms with Gasteiger partial charge in [0.1, 0.15) is 5.75 Å². The molecule has 0 unspecified atom stereocenters. The normalized spacial score (nSPS) is 15.5. The fourth-order valence-electron chi connectivity index (χ4n) is 3.42. The molecular weight excluding hydrogens is 312 g/mol. The van der Waals surface area contributed by atoms with Crippen molar-refractivity contribution in [1.82, 2.24) is 19.3 Å². The van der Waals surface area contributed by atoms with E-state index in [1.165, 1.54) is 11.1 Å². The van der Waals surface area contributed by atoms with Crippen LogP contribution >= 0.6 is 0 Å². The zero-order valence-corrected chi connectivity index (χ0v) is 14.6. The minimum absolute atomic E-state index is 0.313. The minimum atomic E-state index is 0.313. The summed E-state index contributed by atoms with van der Waals surface area (Å²) < 4.78 is 2.06. The predicted octanol–water partition coefficient (Wildman–Crippen LogP) is 3.34. The quantitative estimate of drug-likeness (QED) is 0.798. The Morgan fingerprint density at radius 1 is 1.12 bits per heavy atom. The molecular formula is C20H22N4O. The highest BCUT2D eigenvalue weighted by Crippen LogP contribution is 2.24. The molecule has 4 rings (SSSR count). The average molecular weight is 334 g/mol. The SMILES string of the molecule is Cc1cc(C)n2cc(CN3CC=C(c4ccc(O)cc4)CC3)nc2n1. The number of aromatic hydroxyl groups is 1. The summed E-state index contributed by atoms with van der Waals surface area (Å²) in [5, 5.41) is 9.42. The third kappa shape index (κ3) is 3.28. The van der Waals surface area contributed by atoms with Crippen LogP contribution in [0.4, 0.5) is 0 Å². The smallest absolute Gasteiger partial charge is 0.234 e. The number of benzene rings is 1. The molecule has 0 amide bonds. The number of hydrogen-bond donors (Lipinski definition) is 1. The molecule has 0 radical (unpaired) electrons. The Balaban J connectivity index is 1.48. The van der Waals surface area contributed by atoms with E-state index in [1.54, 1.807) is 12.1 Å². The van der Waals surface area contributed by atoms with E-state index in [-0.39, 0.29) is 0 Å². The number of phenolic OH excluding ortho intramolecular Hbond substituents is 1.